The van der Waals surface area contributed by atoms with Gasteiger partial charge in [0.1, 0.15) is 0 Å². The number of ether oxygens (including phenoxy) is 1. The van der Waals surface area contributed by atoms with Crippen molar-refractivity contribution in [2.75, 3.05) is 18.9 Å². The quantitative estimate of drug-likeness (QED) is 0.809. The van der Waals surface area contributed by atoms with Crippen LogP contribution >= 0.6 is 0 Å². The minimum absolute atomic E-state index is 0.183. The zero-order valence-corrected chi connectivity index (χ0v) is 15.1. The molecule has 1 unspecified atom stereocenters. The van der Waals surface area contributed by atoms with E-state index in [9.17, 15) is 14.4 Å². The number of nitrogens with zero attached hydrogens (tertiary/aromatic N) is 1. The van der Waals surface area contributed by atoms with E-state index in [2.05, 4.69) is 5.32 Å². The molecular weight excluding hydrogens is 332 g/mol. The Morgan fingerprint density at radius 1 is 1.04 bits per heavy atom. The summed E-state index contributed by atoms with van der Waals surface area (Å²) in [6, 6.07) is 15.2. The lowest BCUT2D eigenvalue weighted by Crippen LogP contribution is -2.30. The van der Waals surface area contributed by atoms with Gasteiger partial charge >= 0.3 is 5.97 Å². The molecule has 26 heavy (non-hydrogen) atoms. The van der Waals surface area contributed by atoms with Gasteiger partial charge in [0.15, 0.2) is 6.10 Å². The third kappa shape index (κ3) is 4.92. The summed E-state index contributed by atoms with van der Waals surface area (Å²) in [5.74, 6) is -1.27. The summed E-state index contributed by atoms with van der Waals surface area (Å²) in [7, 11) is 1.68. The first-order chi connectivity index (χ1) is 12.4. The van der Waals surface area contributed by atoms with Crippen LogP contribution in [0.2, 0.25) is 0 Å². The molecule has 2 aromatic carbocycles. The largest absolute Gasteiger partial charge is 0.449 e. The molecule has 6 heteroatoms. The predicted molar refractivity (Wildman–Crippen MR) is 99.0 cm³/mol. The summed E-state index contributed by atoms with van der Waals surface area (Å²) in [5.41, 5.74) is 1.24. The fourth-order valence-electron chi connectivity index (χ4n) is 2.19. The summed E-state index contributed by atoms with van der Waals surface area (Å²) < 4.78 is 5.22. The highest BCUT2D eigenvalue weighted by Crippen LogP contribution is 2.12. The Morgan fingerprint density at radius 2 is 1.69 bits per heavy atom. The highest BCUT2D eigenvalue weighted by molar-refractivity contribution is 5.99. The van der Waals surface area contributed by atoms with E-state index >= 15 is 0 Å². The molecule has 0 fully saturated rings. The maximum Gasteiger partial charge on any atom is 0.338 e. The van der Waals surface area contributed by atoms with E-state index in [-0.39, 0.29) is 11.5 Å². The molecule has 0 bridgehead atoms. The Kier molecular flexibility index (Phi) is 6.49. The third-order valence-corrected chi connectivity index (χ3v) is 3.86. The maximum atomic E-state index is 12.3. The van der Waals surface area contributed by atoms with Crippen LogP contribution in [0.4, 0.5) is 5.69 Å². The number of hydrogen-bond donors (Lipinski definition) is 1. The summed E-state index contributed by atoms with van der Waals surface area (Å²) in [6.07, 6.45) is -0.972. The second kappa shape index (κ2) is 8.80. The first kappa shape index (κ1) is 19.2. The van der Waals surface area contributed by atoms with E-state index in [0.717, 1.165) is 0 Å². The van der Waals surface area contributed by atoms with Gasteiger partial charge in [0, 0.05) is 24.8 Å². The zero-order chi connectivity index (χ0) is 19.1. The number of anilines is 1. The lowest BCUT2D eigenvalue weighted by molar-refractivity contribution is -0.123. The van der Waals surface area contributed by atoms with Gasteiger partial charge in [-0.2, -0.15) is 0 Å². The topological polar surface area (TPSA) is 75.7 Å². The van der Waals surface area contributed by atoms with Gasteiger partial charge < -0.3 is 15.0 Å². The fraction of sp³-hybridized carbons (Fsp3) is 0.250. The number of amides is 2. The monoisotopic (exact) mass is 354 g/mol. The number of carbonyl (C=O) groups is 3. The Morgan fingerprint density at radius 3 is 2.35 bits per heavy atom. The Balaban J connectivity index is 2.02. The molecule has 0 spiro atoms. The van der Waals surface area contributed by atoms with Crippen LogP contribution in [0, 0.1) is 0 Å². The smallest absolute Gasteiger partial charge is 0.338 e. The molecule has 0 aliphatic rings. The minimum atomic E-state index is -0.972. The predicted octanol–water partition coefficient (Wildman–Crippen LogP) is 2.96. The van der Waals surface area contributed by atoms with Crippen LogP contribution in [-0.4, -0.2) is 42.4 Å². The van der Waals surface area contributed by atoms with Gasteiger partial charge in [-0.3, -0.25) is 9.59 Å². The molecule has 0 aliphatic carbocycles. The number of hydrogen-bond acceptors (Lipinski definition) is 4. The molecule has 136 valence electrons. The lowest BCUT2D eigenvalue weighted by atomic mass is 10.1. The summed E-state index contributed by atoms with van der Waals surface area (Å²) >= 11 is 0. The van der Waals surface area contributed by atoms with E-state index in [1.165, 1.54) is 13.0 Å². The van der Waals surface area contributed by atoms with Crippen LogP contribution in [0.15, 0.2) is 54.6 Å². The van der Waals surface area contributed by atoms with E-state index in [1.807, 2.05) is 13.0 Å². The van der Waals surface area contributed by atoms with Crippen LogP contribution in [0.5, 0.6) is 0 Å². The van der Waals surface area contributed by atoms with Crippen molar-refractivity contribution < 1.29 is 19.1 Å². The molecule has 2 rings (SSSR count). The minimum Gasteiger partial charge on any atom is -0.449 e. The second-order valence-corrected chi connectivity index (χ2v) is 5.80. The SMILES string of the molecule is CCN(C)C(=O)c1cccc(C(=O)OC(C)C(=O)Nc2ccccc2)c1. The molecule has 1 N–H and O–H groups in total. The van der Waals surface area contributed by atoms with E-state index in [4.69, 9.17) is 4.74 Å². The molecule has 0 saturated carbocycles. The molecule has 0 saturated heterocycles. The maximum absolute atomic E-state index is 12.3. The van der Waals surface area contributed by atoms with Gasteiger partial charge in [-0.05, 0) is 44.2 Å². The normalized spacial score (nSPS) is 11.3. The van der Waals surface area contributed by atoms with Gasteiger partial charge in [-0.25, -0.2) is 4.79 Å². The average Bonchev–Trinajstić information content (AvgIpc) is 2.67. The van der Waals surface area contributed by atoms with Crippen molar-refractivity contribution in [2.45, 2.75) is 20.0 Å². The van der Waals surface area contributed by atoms with Crippen molar-refractivity contribution >= 4 is 23.5 Å². The molecule has 0 radical (unpaired) electrons. The third-order valence-electron chi connectivity index (χ3n) is 3.86. The van der Waals surface area contributed by atoms with Gasteiger partial charge in [-0.1, -0.05) is 24.3 Å². The molecule has 0 heterocycles. The molecule has 6 nitrogen and oxygen atoms in total. The van der Waals surface area contributed by atoms with Crippen molar-refractivity contribution in [1.82, 2.24) is 4.90 Å². The molecule has 0 aromatic heterocycles. The van der Waals surface area contributed by atoms with Crippen molar-refractivity contribution in [1.29, 1.82) is 0 Å². The first-order valence-electron chi connectivity index (χ1n) is 8.34. The van der Waals surface area contributed by atoms with Crippen LogP contribution in [0.25, 0.3) is 0 Å². The van der Waals surface area contributed by atoms with E-state index in [0.29, 0.717) is 17.8 Å². The summed E-state index contributed by atoms with van der Waals surface area (Å²) in [5, 5.41) is 2.67. The van der Waals surface area contributed by atoms with Crippen LogP contribution in [0.3, 0.4) is 0 Å². The summed E-state index contributed by atoms with van der Waals surface area (Å²) in [6.45, 7) is 3.92. The van der Waals surface area contributed by atoms with E-state index < -0.39 is 18.0 Å². The number of benzene rings is 2. The number of nitrogens with one attached hydrogen (secondary N) is 1. The highest BCUT2D eigenvalue weighted by atomic mass is 16.5. The lowest BCUT2D eigenvalue weighted by Gasteiger charge is -2.16. The van der Waals surface area contributed by atoms with Gasteiger partial charge in [0.2, 0.25) is 0 Å². The van der Waals surface area contributed by atoms with Gasteiger partial charge in [-0.15, -0.1) is 0 Å². The first-order valence-corrected chi connectivity index (χ1v) is 8.34. The highest BCUT2D eigenvalue weighted by Gasteiger charge is 2.20. The van der Waals surface area contributed by atoms with Gasteiger partial charge in [0.25, 0.3) is 11.8 Å². The van der Waals surface area contributed by atoms with E-state index in [1.54, 1.807) is 54.4 Å². The van der Waals surface area contributed by atoms with Crippen molar-refractivity contribution in [3.05, 3.63) is 65.7 Å². The molecule has 2 aromatic rings. The number of carbonyl (C=O) groups excluding carboxylic acids is 3. The average molecular weight is 354 g/mol. The van der Waals surface area contributed by atoms with Crippen LogP contribution in [0.1, 0.15) is 34.6 Å². The standard InChI is InChI=1S/C20H22N2O4/c1-4-22(3)19(24)15-9-8-10-16(13-15)20(25)26-14(2)18(23)21-17-11-6-5-7-12-17/h5-14H,4H2,1-3H3,(H,21,23). The number of para-hydroxylation sites is 1. The summed E-state index contributed by atoms with van der Waals surface area (Å²) in [4.78, 5) is 38.2. The Hall–Kier alpha value is -3.15. The van der Waals surface area contributed by atoms with Crippen molar-refractivity contribution in [3.8, 4) is 0 Å². The molecule has 2 amide bonds. The fourth-order valence-corrected chi connectivity index (χ4v) is 2.19. The number of rotatable bonds is 6. The van der Waals surface area contributed by atoms with Crippen molar-refractivity contribution in [3.63, 3.8) is 0 Å². The number of esters is 1. The van der Waals surface area contributed by atoms with Gasteiger partial charge in [0.05, 0.1) is 5.56 Å². The van der Waals surface area contributed by atoms with Crippen LogP contribution < -0.4 is 5.32 Å². The van der Waals surface area contributed by atoms with Crippen molar-refractivity contribution in [2.24, 2.45) is 0 Å². The zero-order valence-electron chi connectivity index (χ0n) is 15.1. The molecule has 1 atom stereocenters. The Bertz CT molecular complexity index is 789. The molecular formula is C20H22N2O4. The molecule has 0 aliphatic heterocycles. The van der Waals surface area contributed by atoms with Crippen LogP contribution in [-0.2, 0) is 9.53 Å². The second-order valence-electron chi connectivity index (χ2n) is 5.80. The Labute approximate surface area is 152 Å².